The van der Waals surface area contributed by atoms with E-state index in [1.165, 1.54) is 0 Å². The minimum absolute atomic E-state index is 0.0249. The molecule has 1 aliphatic rings. The third-order valence-electron chi connectivity index (χ3n) is 6.89. The fourth-order valence-electron chi connectivity index (χ4n) is 5.53. The first-order chi connectivity index (χ1) is 16.0. The monoisotopic (exact) mass is 444 g/mol. The molecule has 1 unspecified atom stereocenters. The molecular weight excluding hydrogens is 419 g/mol. The van der Waals surface area contributed by atoms with E-state index in [9.17, 15) is 13.2 Å². The third kappa shape index (κ3) is 3.55. The van der Waals surface area contributed by atoms with Crippen molar-refractivity contribution in [1.82, 2.24) is 0 Å². The third-order valence-corrected chi connectivity index (χ3v) is 6.89. The largest absolute Gasteiger partial charge is 0.447 e. The standard InChI is InChI=1S/C29H25F3N/c30-29(31,32)27-22-33(27,21-23-13-5-1-6-14-23)28(24-15-7-2-8-16-24,25-17-9-3-10-18-25)26-19-11-4-12-20-26/h1-20,27H,21-22H2/q+1/t27-,33?/m1/s1. The van der Waals surface area contributed by atoms with Crippen LogP contribution in [0.3, 0.4) is 0 Å². The van der Waals surface area contributed by atoms with Crippen molar-refractivity contribution in [3.8, 4) is 0 Å². The second-order valence-corrected chi connectivity index (χ2v) is 8.73. The molecule has 4 heteroatoms. The van der Waals surface area contributed by atoms with E-state index in [2.05, 4.69) is 0 Å². The molecule has 0 bridgehead atoms. The molecule has 0 N–H and O–H groups in total. The lowest BCUT2D eigenvalue weighted by Crippen LogP contribution is -2.53. The number of alkyl halides is 3. The SMILES string of the molecule is FC(F)(F)[C@H]1C[N+]1(Cc1ccccc1)C(c1ccccc1)(c1ccccc1)c1ccccc1. The maximum absolute atomic E-state index is 14.5. The van der Waals surface area contributed by atoms with Crippen LogP contribution in [0.25, 0.3) is 0 Å². The Morgan fingerprint density at radius 2 is 0.939 bits per heavy atom. The lowest BCUT2D eigenvalue weighted by Gasteiger charge is -2.44. The van der Waals surface area contributed by atoms with Crippen molar-refractivity contribution in [3.63, 3.8) is 0 Å². The Morgan fingerprint density at radius 1 is 0.576 bits per heavy atom. The highest BCUT2D eigenvalue weighted by Gasteiger charge is 2.77. The van der Waals surface area contributed by atoms with E-state index in [-0.39, 0.29) is 17.6 Å². The molecule has 2 atom stereocenters. The molecule has 33 heavy (non-hydrogen) atoms. The summed E-state index contributed by atoms with van der Waals surface area (Å²) in [6.45, 7) is 0.306. The number of hydrogen-bond acceptors (Lipinski definition) is 0. The predicted octanol–water partition coefficient (Wildman–Crippen LogP) is 6.94. The molecule has 1 heterocycles. The van der Waals surface area contributed by atoms with E-state index >= 15 is 0 Å². The fraction of sp³-hybridized carbons (Fsp3) is 0.172. The van der Waals surface area contributed by atoms with E-state index in [4.69, 9.17) is 0 Å². The molecule has 4 aromatic rings. The van der Waals surface area contributed by atoms with E-state index in [1.807, 2.05) is 121 Å². The van der Waals surface area contributed by atoms with Crippen LogP contribution in [0.1, 0.15) is 22.3 Å². The summed E-state index contributed by atoms with van der Waals surface area (Å²) in [6, 6.07) is 37.1. The van der Waals surface area contributed by atoms with Gasteiger partial charge in [0.2, 0.25) is 6.04 Å². The van der Waals surface area contributed by atoms with Crippen molar-refractivity contribution < 1.29 is 17.7 Å². The molecule has 0 amide bonds. The van der Waals surface area contributed by atoms with Gasteiger partial charge in [0.05, 0.1) is 0 Å². The summed E-state index contributed by atoms with van der Waals surface area (Å²) in [5, 5.41) is 0. The van der Waals surface area contributed by atoms with Crippen LogP contribution in [-0.2, 0) is 12.1 Å². The zero-order valence-corrected chi connectivity index (χ0v) is 18.1. The molecule has 166 valence electrons. The zero-order valence-electron chi connectivity index (χ0n) is 18.1. The molecule has 0 spiro atoms. The van der Waals surface area contributed by atoms with Crippen molar-refractivity contribution in [3.05, 3.63) is 144 Å². The highest BCUT2D eigenvalue weighted by molar-refractivity contribution is 5.48. The Labute approximate surface area is 192 Å². The number of rotatable bonds is 6. The highest BCUT2D eigenvalue weighted by Crippen LogP contribution is 2.59. The second kappa shape index (κ2) is 8.20. The van der Waals surface area contributed by atoms with Crippen LogP contribution in [0, 0.1) is 0 Å². The van der Waals surface area contributed by atoms with E-state index < -0.39 is 17.8 Å². The van der Waals surface area contributed by atoms with Gasteiger partial charge in [0.1, 0.15) is 13.1 Å². The summed E-state index contributed by atoms with van der Waals surface area (Å²) in [7, 11) is 0. The summed E-state index contributed by atoms with van der Waals surface area (Å²) in [6.07, 6.45) is -4.31. The summed E-state index contributed by atoms with van der Waals surface area (Å²) >= 11 is 0. The Kier molecular flexibility index (Phi) is 5.34. The topological polar surface area (TPSA) is 0 Å². The van der Waals surface area contributed by atoms with Crippen LogP contribution in [-0.4, -0.2) is 23.2 Å². The van der Waals surface area contributed by atoms with Crippen LogP contribution < -0.4 is 0 Å². The van der Waals surface area contributed by atoms with Crippen molar-refractivity contribution in [2.75, 3.05) is 6.54 Å². The van der Waals surface area contributed by atoms with Gasteiger partial charge in [-0.15, -0.1) is 0 Å². The van der Waals surface area contributed by atoms with Crippen LogP contribution >= 0.6 is 0 Å². The number of halogens is 3. The van der Waals surface area contributed by atoms with Crippen LogP contribution in [0.5, 0.6) is 0 Å². The van der Waals surface area contributed by atoms with Crippen molar-refractivity contribution in [2.45, 2.75) is 24.3 Å². The van der Waals surface area contributed by atoms with E-state index in [0.717, 1.165) is 22.3 Å². The number of nitrogens with zero attached hydrogens (tertiary/aromatic N) is 1. The average Bonchev–Trinajstić information content (AvgIpc) is 3.58. The lowest BCUT2D eigenvalue weighted by atomic mass is 9.75. The van der Waals surface area contributed by atoms with Gasteiger partial charge < -0.3 is 0 Å². The highest BCUT2D eigenvalue weighted by atomic mass is 19.4. The Morgan fingerprint density at radius 3 is 1.27 bits per heavy atom. The van der Waals surface area contributed by atoms with Crippen molar-refractivity contribution >= 4 is 0 Å². The molecule has 0 aromatic heterocycles. The zero-order chi connectivity index (χ0) is 22.9. The molecule has 1 fully saturated rings. The first-order valence-corrected chi connectivity index (χ1v) is 11.1. The van der Waals surface area contributed by atoms with Gasteiger partial charge in [0.15, 0.2) is 5.54 Å². The van der Waals surface area contributed by atoms with Gasteiger partial charge in [0.25, 0.3) is 0 Å². The molecule has 1 saturated heterocycles. The van der Waals surface area contributed by atoms with E-state index in [1.54, 1.807) is 0 Å². The van der Waals surface area contributed by atoms with Gasteiger partial charge in [-0.3, -0.25) is 4.48 Å². The maximum atomic E-state index is 14.5. The minimum atomic E-state index is -4.31. The number of quaternary nitrogens is 1. The van der Waals surface area contributed by atoms with Gasteiger partial charge in [0, 0.05) is 22.3 Å². The summed E-state index contributed by atoms with van der Waals surface area (Å²) in [4.78, 5) is 0. The Hall–Kier alpha value is -3.37. The normalized spacial score (nSPS) is 20.4. The summed E-state index contributed by atoms with van der Waals surface area (Å²) in [5.74, 6) is 0. The molecule has 5 rings (SSSR count). The van der Waals surface area contributed by atoms with Crippen LogP contribution in [0.4, 0.5) is 13.2 Å². The molecule has 1 nitrogen and oxygen atoms in total. The van der Waals surface area contributed by atoms with Gasteiger partial charge in [-0.25, -0.2) is 0 Å². The van der Waals surface area contributed by atoms with Crippen LogP contribution in [0.2, 0.25) is 0 Å². The maximum Gasteiger partial charge on any atom is 0.447 e. The van der Waals surface area contributed by atoms with Gasteiger partial charge >= 0.3 is 6.18 Å². The smallest absolute Gasteiger partial charge is 0.284 e. The quantitative estimate of drug-likeness (QED) is 0.172. The van der Waals surface area contributed by atoms with Gasteiger partial charge in [-0.05, 0) is 0 Å². The fourth-order valence-corrected chi connectivity index (χ4v) is 5.53. The van der Waals surface area contributed by atoms with Gasteiger partial charge in [-0.2, -0.15) is 13.2 Å². The van der Waals surface area contributed by atoms with Crippen molar-refractivity contribution in [1.29, 1.82) is 0 Å². The molecule has 0 saturated carbocycles. The molecule has 0 aliphatic carbocycles. The first kappa shape index (κ1) is 21.5. The number of benzene rings is 4. The Bertz CT molecular complexity index is 1090. The molecule has 1 aliphatic heterocycles. The minimum Gasteiger partial charge on any atom is -0.284 e. The predicted molar refractivity (Wildman–Crippen MR) is 124 cm³/mol. The average molecular weight is 445 g/mol. The molecular formula is C29H25F3N+. The van der Waals surface area contributed by atoms with E-state index in [0.29, 0.717) is 0 Å². The lowest BCUT2D eigenvalue weighted by molar-refractivity contribution is -0.884. The summed E-state index contributed by atoms with van der Waals surface area (Å²) < 4.78 is 43.4. The van der Waals surface area contributed by atoms with Gasteiger partial charge in [-0.1, -0.05) is 121 Å². The summed E-state index contributed by atoms with van der Waals surface area (Å²) in [5.41, 5.74) is 2.48. The number of hydrogen-bond donors (Lipinski definition) is 0. The Balaban J connectivity index is 1.86. The molecule has 0 radical (unpaired) electrons. The second-order valence-electron chi connectivity index (χ2n) is 8.73. The van der Waals surface area contributed by atoms with Crippen LogP contribution in [0.15, 0.2) is 121 Å². The van der Waals surface area contributed by atoms with Crippen molar-refractivity contribution in [2.24, 2.45) is 0 Å². The first-order valence-electron chi connectivity index (χ1n) is 11.1. The molecule has 4 aromatic carbocycles.